The first-order valence-corrected chi connectivity index (χ1v) is 6.59. The van der Waals surface area contributed by atoms with Crippen LogP contribution in [0.3, 0.4) is 0 Å². The average Bonchev–Trinajstić information content (AvgIpc) is 2.85. The van der Waals surface area contributed by atoms with E-state index in [1.165, 1.54) is 0 Å². The van der Waals surface area contributed by atoms with E-state index in [1.807, 2.05) is 0 Å². The molecule has 0 atom stereocenters. The fraction of sp³-hybridized carbons (Fsp3) is 0.583. The van der Waals surface area contributed by atoms with Gasteiger partial charge in [-0.25, -0.2) is 0 Å². The Bertz CT molecular complexity index is 512. The number of H-pyrrole nitrogens is 1. The van der Waals surface area contributed by atoms with Crippen LogP contribution < -0.4 is 11.1 Å². The highest BCUT2D eigenvalue weighted by Gasteiger charge is 2.06. The second-order valence-corrected chi connectivity index (χ2v) is 4.31. The third-order valence-corrected chi connectivity index (χ3v) is 2.73. The van der Waals surface area contributed by atoms with E-state index in [2.05, 4.69) is 32.4 Å². The van der Waals surface area contributed by atoms with Gasteiger partial charge in [-0.1, -0.05) is 13.3 Å². The first-order valence-electron chi connectivity index (χ1n) is 6.59. The second kappa shape index (κ2) is 6.89. The summed E-state index contributed by atoms with van der Waals surface area (Å²) in [7, 11) is 0. The number of rotatable bonds is 8. The summed E-state index contributed by atoms with van der Waals surface area (Å²) in [5, 5.41) is 10.8. The van der Waals surface area contributed by atoms with Crippen molar-refractivity contribution in [3.8, 4) is 0 Å². The second-order valence-electron chi connectivity index (χ2n) is 4.31. The molecule has 0 aliphatic rings. The number of nitrogen functional groups attached to an aromatic ring is 1. The quantitative estimate of drug-likeness (QED) is 0.625. The minimum Gasteiger partial charge on any atom is -0.381 e. The molecular weight excluding hydrogens is 244 g/mol. The van der Waals surface area contributed by atoms with Crippen LogP contribution in [0.15, 0.2) is 6.20 Å². The predicted molar refractivity (Wildman–Crippen MR) is 74.9 cm³/mol. The molecule has 19 heavy (non-hydrogen) atoms. The number of nitrogens with one attached hydrogen (secondary N) is 2. The van der Waals surface area contributed by atoms with E-state index in [1.54, 1.807) is 6.20 Å². The Morgan fingerprint density at radius 2 is 2.16 bits per heavy atom. The van der Waals surface area contributed by atoms with Crippen molar-refractivity contribution < 1.29 is 4.74 Å². The van der Waals surface area contributed by atoms with E-state index in [-0.39, 0.29) is 5.95 Å². The van der Waals surface area contributed by atoms with Crippen LogP contribution in [0.1, 0.15) is 26.2 Å². The zero-order chi connectivity index (χ0) is 13.5. The minimum atomic E-state index is 0.235. The molecule has 0 unspecified atom stereocenters. The molecule has 0 radical (unpaired) electrons. The summed E-state index contributed by atoms with van der Waals surface area (Å²) in [5.41, 5.74) is 6.28. The van der Waals surface area contributed by atoms with Gasteiger partial charge in [-0.3, -0.25) is 5.10 Å². The Labute approximate surface area is 112 Å². The van der Waals surface area contributed by atoms with Gasteiger partial charge in [-0.05, 0) is 12.8 Å². The van der Waals surface area contributed by atoms with Crippen molar-refractivity contribution in [3.63, 3.8) is 0 Å². The Hall–Kier alpha value is -1.89. The highest BCUT2D eigenvalue weighted by molar-refractivity contribution is 5.86. The lowest BCUT2D eigenvalue weighted by Gasteiger charge is -2.07. The monoisotopic (exact) mass is 264 g/mol. The maximum Gasteiger partial charge on any atom is 0.224 e. The maximum atomic E-state index is 5.63. The number of anilines is 2. The molecule has 2 aromatic heterocycles. The van der Waals surface area contributed by atoms with Crippen LogP contribution in [-0.2, 0) is 4.74 Å². The summed E-state index contributed by atoms with van der Waals surface area (Å²) in [5.74, 6) is 0.947. The first-order chi connectivity index (χ1) is 9.31. The van der Waals surface area contributed by atoms with Crippen LogP contribution in [0, 0.1) is 0 Å². The standard InChI is InChI=1S/C12H20N6O/c1-2-3-6-19-7-4-5-14-10-9-8-15-18-11(9)17-12(13)16-10/h8H,2-7H2,1H3,(H4,13,14,15,16,17,18). The topological polar surface area (TPSA) is 102 Å². The average molecular weight is 264 g/mol. The number of nitrogens with zero attached hydrogens (tertiary/aromatic N) is 3. The van der Waals surface area contributed by atoms with Crippen molar-refractivity contribution in [1.29, 1.82) is 0 Å². The number of aromatic nitrogens is 4. The van der Waals surface area contributed by atoms with Gasteiger partial charge in [0, 0.05) is 19.8 Å². The van der Waals surface area contributed by atoms with E-state index >= 15 is 0 Å². The zero-order valence-corrected chi connectivity index (χ0v) is 11.1. The van der Waals surface area contributed by atoms with Crippen molar-refractivity contribution in [1.82, 2.24) is 20.2 Å². The van der Waals surface area contributed by atoms with E-state index in [0.717, 1.165) is 44.4 Å². The number of unbranched alkanes of at least 4 members (excludes halogenated alkanes) is 1. The molecule has 0 aromatic carbocycles. The molecule has 104 valence electrons. The highest BCUT2D eigenvalue weighted by atomic mass is 16.5. The molecule has 0 saturated carbocycles. The molecule has 2 heterocycles. The Morgan fingerprint density at radius 3 is 3.00 bits per heavy atom. The number of nitrogens with two attached hydrogens (primary N) is 1. The van der Waals surface area contributed by atoms with E-state index in [0.29, 0.717) is 11.5 Å². The van der Waals surface area contributed by atoms with Crippen molar-refractivity contribution in [2.75, 3.05) is 30.8 Å². The molecule has 0 aliphatic carbocycles. The van der Waals surface area contributed by atoms with Crippen LogP contribution in [-0.4, -0.2) is 39.9 Å². The van der Waals surface area contributed by atoms with Crippen LogP contribution in [0.2, 0.25) is 0 Å². The molecule has 0 saturated heterocycles. The highest BCUT2D eigenvalue weighted by Crippen LogP contribution is 2.18. The molecule has 2 aromatic rings. The minimum absolute atomic E-state index is 0.235. The van der Waals surface area contributed by atoms with Crippen LogP contribution in [0.25, 0.3) is 11.0 Å². The van der Waals surface area contributed by atoms with E-state index in [9.17, 15) is 0 Å². The van der Waals surface area contributed by atoms with Crippen LogP contribution in [0.4, 0.5) is 11.8 Å². The van der Waals surface area contributed by atoms with Crippen molar-refractivity contribution in [2.24, 2.45) is 0 Å². The lowest BCUT2D eigenvalue weighted by molar-refractivity contribution is 0.131. The third-order valence-electron chi connectivity index (χ3n) is 2.73. The molecule has 0 amide bonds. The number of hydrogen-bond donors (Lipinski definition) is 3. The maximum absolute atomic E-state index is 5.63. The predicted octanol–water partition coefficient (Wildman–Crippen LogP) is 1.55. The van der Waals surface area contributed by atoms with Gasteiger partial charge in [0.15, 0.2) is 5.65 Å². The Kier molecular flexibility index (Phi) is 4.91. The molecule has 0 aliphatic heterocycles. The third kappa shape index (κ3) is 3.78. The number of hydrogen-bond acceptors (Lipinski definition) is 6. The Morgan fingerprint density at radius 1 is 1.32 bits per heavy atom. The lowest BCUT2D eigenvalue weighted by Crippen LogP contribution is -2.09. The first kappa shape index (κ1) is 13.5. The molecule has 7 nitrogen and oxygen atoms in total. The van der Waals surface area contributed by atoms with Gasteiger partial charge in [-0.15, -0.1) is 0 Å². The molecule has 0 bridgehead atoms. The normalized spacial score (nSPS) is 11.0. The van der Waals surface area contributed by atoms with Gasteiger partial charge in [0.2, 0.25) is 5.95 Å². The van der Waals surface area contributed by atoms with E-state index < -0.39 is 0 Å². The molecular formula is C12H20N6O. The SMILES string of the molecule is CCCCOCCCNc1nc(N)nc2[nH]ncc12. The number of aromatic amines is 1. The Balaban J connectivity index is 1.79. The summed E-state index contributed by atoms with van der Waals surface area (Å²) in [6.45, 7) is 4.52. The summed E-state index contributed by atoms with van der Waals surface area (Å²) in [6, 6.07) is 0. The van der Waals surface area contributed by atoms with Gasteiger partial charge >= 0.3 is 0 Å². The van der Waals surface area contributed by atoms with Gasteiger partial charge in [-0.2, -0.15) is 15.1 Å². The van der Waals surface area contributed by atoms with Crippen molar-refractivity contribution >= 4 is 22.8 Å². The van der Waals surface area contributed by atoms with Gasteiger partial charge in [0.1, 0.15) is 5.82 Å². The number of fused-ring (bicyclic) bond motifs is 1. The fourth-order valence-electron chi connectivity index (χ4n) is 1.72. The zero-order valence-electron chi connectivity index (χ0n) is 11.1. The fourth-order valence-corrected chi connectivity index (χ4v) is 1.72. The smallest absolute Gasteiger partial charge is 0.224 e. The van der Waals surface area contributed by atoms with Crippen LogP contribution >= 0.6 is 0 Å². The summed E-state index contributed by atoms with van der Waals surface area (Å²) in [6.07, 6.45) is 4.89. The van der Waals surface area contributed by atoms with Gasteiger partial charge in [0.25, 0.3) is 0 Å². The summed E-state index contributed by atoms with van der Waals surface area (Å²) in [4.78, 5) is 8.23. The number of ether oxygens (including phenoxy) is 1. The van der Waals surface area contributed by atoms with Gasteiger partial charge in [0.05, 0.1) is 11.6 Å². The molecule has 0 spiro atoms. The summed E-state index contributed by atoms with van der Waals surface area (Å²) >= 11 is 0. The molecule has 2 rings (SSSR count). The van der Waals surface area contributed by atoms with Gasteiger partial charge < -0.3 is 15.8 Å². The lowest BCUT2D eigenvalue weighted by atomic mass is 10.3. The van der Waals surface area contributed by atoms with Crippen molar-refractivity contribution in [3.05, 3.63) is 6.20 Å². The molecule has 7 heteroatoms. The largest absolute Gasteiger partial charge is 0.381 e. The van der Waals surface area contributed by atoms with E-state index in [4.69, 9.17) is 10.5 Å². The molecule has 4 N–H and O–H groups in total. The van der Waals surface area contributed by atoms with Crippen LogP contribution in [0.5, 0.6) is 0 Å². The van der Waals surface area contributed by atoms with Crippen molar-refractivity contribution in [2.45, 2.75) is 26.2 Å². The molecule has 0 fully saturated rings. The summed E-state index contributed by atoms with van der Waals surface area (Å²) < 4.78 is 5.49.